The summed E-state index contributed by atoms with van der Waals surface area (Å²) in [5.74, 6) is 0.371. The van der Waals surface area contributed by atoms with Gasteiger partial charge in [-0.2, -0.15) is 0 Å². The number of nitrogens with one attached hydrogen (secondary N) is 2. The molecule has 1 heterocycles. The number of rotatable bonds is 5. The number of anilines is 1. The summed E-state index contributed by atoms with van der Waals surface area (Å²) in [7, 11) is 0. The molecule has 1 aliphatic rings. The first-order valence-corrected chi connectivity index (χ1v) is 8.27. The third-order valence-electron chi connectivity index (χ3n) is 3.82. The molecule has 22 heavy (non-hydrogen) atoms. The number of thiophene rings is 1. The van der Waals surface area contributed by atoms with Gasteiger partial charge in [-0.15, -0.1) is 11.3 Å². The lowest BCUT2D eigenvalue weighted by Crippen LogP contribution is -2.34. The van der Waals surface area contributed by atoms with Gasteiger partial charge >= 0.3 is 0 Å². The number of hydrogen-bond acceptors (Lipinski definition) is 3. The molecule has 1 fully saturated rings. The Hall–Kier alpha value is -2.14. The highest BCUT2D eigenvalue weighted by Crippen LogP contribution is 2.32. The van der Waals surface area contributed by atoms with Crippen molar-refractivity contribution in [1.82, 2.24) is 5.32 Å². The van der Waals surface area contributed by atoms with E-state index in [0.29, 0.717) is 22.0 Å². The molecule has 2 aromatic rings. The Labute approximate surface area is 133 Å². The van der Waals surface area contributed by atoms with Crippen molar-refractivity contribution in [3.8, 4) is 0 Å². The number of carbonyl (C=O) groups is 2. The fourth-order valence-corrected chi connectivity index (χ4v) is 2.96. The second-order valence-electron chi connectivity index (χ2n) is 5.61. The minimum absolute atomic E-state index is 0.0911. The molecule has 0 bridgehead atoms. The van der Waals surface area contributed by atoms with E-state index in [2.05, 4.69) is 10.6 Å². The molecule has 3 rings (SSSR count). The molecule has 1 aliphatic carbocycles. The molecule has 0 aliphatic heterocycles. The monoisotopic (exact) mass is 314 g/mol. The summed E-state index contributed by atoms with van der Waals surface area (Å²) in [5, 5.41) is 7.70. The molecular weight excluding hydrogens is 296 g/mol. The largest absolute Gasteiger partial charge is 0.349 e. The molecule has 4 nitrogen and oxygen atoms in total. The summed E-state index contributed by atoms with van der Waals surface area (Å²) in [4.78, 5) is 24.9. The van der Waals surface area contributed by atoms with Crippen molar-refractivity contribution in [2.45, 2.75) is 25.8 Å². The van der Waals surface area contributed by atoms with E-state index in [1.165, 1.54) is 24.2 Å². The van der Waals surface area contributed by atoms with Crippen LogP contribution >= 0.6 is 11.3 Å². The Balaban J connectivity index is 1.66. The zero-order valence-electron chi connectivity index (χ0n) is 12.3. The van der Waals surface area contributed by atoms with E-state index in [1.54, 1.807) is 30.3 Å². The lowest BCUT2D eigenvalue weighted by Gasteiger charge is -2.13. The number of amides is 2. The van der Waals surface area contributed by atoms with Gasteiger partial charge in [0, 0.05) is 17.3 Å². The summed E-state index contributed by atoms with van der Waals surface area (Å²) in [5.41, 5.74) is 1.20. The Morgan fingerprint density at radius 2 is 2.00 bits per heavy atom. The maximum atomic E-state index is 12.2. The van der Waals surface area contributed by atoms with Crippen LogP contribution in [0, 0.1) is 5.92 Å². The highest BCUT2D eigenvalue weighted by atomic mass is 32.1. The molecule has 0 unspecified atom stereocenters. The molecule has 2 N–H and O–H groups in total. The summed E-state index contributed by atoms with van der Waals surface area (Å²) in [6, 6.07) is 10.8. The first-order valence-electron chi connectivity index (χ1n) is 7.39. The molecule has 1 saturated carbocycles. The molecule has 2 amide bonds. The Kier molecular flexibility index (Phi) is 4.24. The van der Waals surface area contributed by atoms with Crippen molar-refractivity contribution in [2.75, 3.05) is 5.32 Å². The van der Waals surface area contributed by atoms with E-state index in [-0.39, 0.29) is 17.9 Å². The van der Waals surface area contributed by atoms with Crippen LogP contribution in [0.4, 0.5) is 5.69 Å². The van der Waals surface area contributed by atoms with Crippen LogP contribution in [0.3, 0.4) is 0 Å². The van der Waals surface area contributed by atoms with Gasteiger partial charge < -0.3 is 10.6 Å². The van der Waals surface area contributed by atoms with E-state index in [0.717, 1.165) is 0 Å². The Morgan fingerprint density at radius 3 is 2.68 bits per heavy atom. The third-order valence-corrected chi connectivity index (χ3v) is 4.68. The van der Waals surface area contributed by atoms with Crippen LogP contribution in [0.5, 0.6) is 0 Å². The van der Waals surface area contributed by atoms with E-state index in [9.17, 15) is 9.59 Å². The topological polar surface area (TPSA) is 58.2 Å². The van der Waals surface area contributed by atoms with Crippen LogP contribution in [-0.4, -0.2) is 17.9 Å². The summed E-state index contributed by atoms with van der Waals surface area (Å²) in [6.45, 7) is 2.04. The summed E-state index contributed by atoms with van der Waals surface area (Å²) >= 11 is 1.39. The smallest absolute Gasteiger partial charge is 0.265 e. The van der Waals surface area contributed by atoms with Crippen LogP contribution < -0.4 is 10.6 Å². The molecular formula is C17H18N2O2S. The van der Waals surface area contributed by atoms with Gasteiger partial charge in [0.15, 0.2) is 0 Å². The molecule has 1 atom stereocenters. The maximum absolute atomic E-state index is 12.2. The van der Waals surface area contributed by atoms with Gasteiger partial charge in [-0.3, -0.25) is 9.59 Å². The summed E-state index contributed by atoms with van der Waals surface area (Å²) in [6.07, 6.45) is 2.39. The average molecular weight is 314 g/mol. The molecule has 1 aromatic carbocycles. The van der Waals surface area contributed by atoms with Crippen molar-refractivity contribution >= 4 is 28.8 Å². The standard InChI is InChI=1S/C17H18N2O2S/c1-11(12-7-8-12)18-16(20)13-4-2-5-14(10-13)19-17(21)15-6-3-9-22-15/h2-6,9-12H,7-8H2,1H3,(H,18,20)(H,19,21)/t11-/m1/s1. The fraction of sp³-hybridized carbons (Fsp3) is 0.294. The SMILES string of the molecule is C[C@@H](NC(=O)c1cccc(NC(=O)c2cccs2)c1)C1CC1. The quantitative estimate of drug-likeness (QED) is 0.887. The van der Waals surface area contributed by atoms with E-state index >= 15 is 0 Å². The maximum Gasteiger partial charge on any atom is 0.265 e. The van der Waals surface area contributed by atoms with E-state index in [4.69, 9.17) is 0 Å². The van der Waals surface area contributed by atoms with Crippen molar-refractivity contribution in [3.05, 3.63) is 52.2 Å². The first-order chi connectivity index (χ1) is 10.6. The van der Waals surface area contributed by atoms with Crippen LogP contribution in [0.25, 0.3) is 0 Å². The highest BCUT2D eigenvalue weighted by Gasteiger charge is 2.29. The highest BCUT2D eigenvalue weighted by molar-refractivity contribution is 7.12. The minimum Gasteiger partial charge on any atom is -0.349 e. The molecule has 0 radical (unpaired) electrons. The van der Waals surface area contributed by atoms with Gasteiger partial charge in [-0.1, -0.05) is 12.1 Å². The van der Waals surface area contributed by atoms with Crippen LogP contribution in [-0.2, 0) is 0 Å². The van der Waals surface area contributed by atoms with Crippen molar-refractivity contribution in [3.63, 3.8) is 0 Å². The first kappa shape index (κ1) is 14.8. The zero-order chi connectivity index (χ0) is 15.5. The van der Waals surface area contributed by atoms with Gasteiger partial charge in [0.25, 0.3) is 11.8 Å². The van der Waals surface area contributed by atoms with Crippen molar-refractivity contribution in [2.24, 2.45) is 5.92 Å². The average Bonchev–Trinajstić information content (AvgIpc) is 3.22. The van der Waals surface area contributed by atoms with Gasteiger partial charge in [0.1, 0.15) is 0 Å². The summed E-state index contributed by atoms with van der Waals surface area (Å²) < 4.78 is 0. The molecule has 5 heteroatoms. The molecule has 0 spiro atoms. The minimum atomic E-state index is -0.154. The zero-order valence-corrected chi connectivity index (χ0v) is 13.2. The Bertz CT molecular complexity index is 678. The lowest BCUT2D eigenvalue weighted by molar-refractivity contribution is 0.0934. The van der Waals surface area contributed by atoms with Gasteiger partial charge in [0.2, 0.25) is 0 Å². The number of benzene rings is 1. The van der Waals surface area contributed by atoms with E-state index in [1.807, 2.05) is 18.4 Å². The van der Waals surface area contributed by atoms with Gasteiger partial charge in [-0.05, 0) is 55.3 Å². The number of hydrogen-bond donors (Lipinski definition) is 2. The number of carbonyl (C=O) groups excluding carboxylic acids is 2. The van der Waals surface area contributed by atoms with Gasteiger partial charge in [0.05, 0.1) is 4.88 Å². The normalized spacial score (nSPS) is 15.1. The second-order valence-corrected chi connectivity index (χ2v) is 6.56. The predicted molar refractivity (Wildman–Crippen MR) is 88.4 cm³/mol. The molecule has 0 saturated heterocycles. The third kappa shape index (κ3) is 3.54. The second kappa shape index (κ2) is 6.32. The fourth-order valence-electron chi connectivity index (χ4n) is 2.34. The van der Waals surface area contributed by atoms with Crippen LogP contribution in [0.15, 0.2) is 41.8 Å². The van der Waals surface area contributed by atoms with E-state index < -0.39 is 0 Å². The van der Waals surface area contributed by atoms with Gasteiger partial charge in [-0.25, -0.2) is 0 Å². The van der Waals surface area contributed by atoms with Crippen LogP contribution in [0.1, 0.15) is 39.8 Å². The Morgan fingerprint density at radius 1 is 1.18 bits per heavy atom. The van der Waals surface area contributed by atoms with Crippen molar-refractivity contribution < 1.29 is 9.59 Å². The molecule has 1 aromatic heterocycles. The molecule has 114 valence electrons. The van der Waals surface area contributed by atoms with Crippen molar-refractivity contribution in [1.29, 1.82) is 0 Å². The predicted octanol–water partition coefficient (Wildman–Crippen LogP) is 3.53. The van der Waals surface area contributed by atoms with Crippen LogP contribution in [0.2, 0.25) is 0 Å². The lowest BCUT2D eigenvalue weighted by atomic mass is 10.1.